The Morgan fingerprint density at radius 3 is 2.25 bits per heavy atom. The minimum atomic E-state index is -0.407. The van der Waals surface area contributed by atoms with Gasteiger partial charge in [-0.15, -0.1) is 0 Å². The number of aryl methyl sites for hydroxylation is 1. The van der Waals surface area contributed by atoms with Crippen LogP contribution in [0, 0.1) is 5.92 Å². The number of carbonyl (C=O) groups excluding carboxylic acids is 1. The Kier molecular flexibility index (Phi) is 6.31. The van der Waals surface area contributed by atoms with Crippen molar-refractivity contribution in [1.29, 1.82) is 0 Å². The van der Waals surface area contributed by atoms with Crippen LogP contribution in [-0.2, 0) is 11.2 Å². The average molecular weight is 332 g/mol. The fraction of sp³-hybridized carbons (Fsp3) is 0.667. The van der Waals surface area contributed by atoms with E-state index in [9.17, 15) is 4.79 Å². The van der Waals surface area contributed by atoms with Crippen molar-refractivity contribution in [1.82, 2.24) is 4.90 Å². The van der Waals surface area contributed by atoms with Crippen LogP contribution in [0.3, 0.4) is 0 Å². The Balaban J connectivity index is 1.74. The molecule has 1 saturated heterocycles. The van der Waals surface area contributed by atoms with Crippen LogP contribution in [0.5, 0.6) is 0 Å². The van der Waals surface area contributed by atoms with E-state index in [2.05, 4.69) is 38.1 Å². The smallest absolute Gasteiger partial charge is 0.410 e. The third-order valence-electron chi connectivity index (χ3n) is 4.75. The Hall–Kier alpha value is -1.51. The van der Waals surface area contributed by atoms with Crippen LogP contribution < -0.4 is 0 Å². The van der Waals surface area contributed by atoms with Gasteiger partial charge < -0.3 is 9.64 Å². The summed E-state index contributed by atoms with van der Waals surface area (Å²) in [5, 5.41) is 0. The third-order valence-corrected chi connectivity index (χ3v) is 4.75. The Labute approximate surface area is 147 Å². The second kappa shape index (κ2) is 8.04. The molecule has 1 aliphatic heterocycles. The van der Waals surface area contributed by atoms with Gasteiger partial charge in [-0.05, 0) is 69.4 Å². The van der Waals surface area contributed by atoms with Gasteiger partial charge in [0.1, 0.15) is 5.60 Å². The standard InChI is InChI=1S/C21H33NO2/c1-16(2)19-10-8-17(9-11-19)6-7-18-12-14-22(15-13-18)20(23)24-21(3,4)5/h8-11,16,18H,6-7,12-15H2,1-5H3. The van der Waals surface area contributed by atoms with Crippen molar-refractivity contribution in [3.05, 3.63) is 35.4 Å². The Morgan fingerprint density at radius 1 is 1.17 bits per heavy atom. The van der Waals surface area contributed by atoms with E-state index in [0.29, 0.717) is 11.8 Å². The molecule has 1 aromatic rings. The highest BCUT2D eigenvalue weighted by molar-refractivity contribution is 5.68. The summed E-state index contributed by atoms with van der Waals surface area (Å²) in [6, 6.07) is 9.05. The van der Waals surface area contributed by atoms with E-state index in [1.807, 2.05) is 25.7 Å². The van der Waals surface area contributed by atoms with Crippen molar-refractivity contribution >= 4 is 6.09 Å². The molecule has 1 amide bonds. The van der Waals surface area contributed by atoms with Crippen LogP contribution >= 0.6 is 0 Å². The minimum absolute atomic E-state index is 0.162. The molecule has 1 heterocycles. The van der Waals surface area contributed by atoms with Gasteiger partial charge >= 0.3 is 6.09 Å². The molecular formula is C21H33NO2. The van der Waals surface area contributed by atoms with Crippen LogP contribution in [0.1, 0.15) is 70.9 Å². The number of amides is 1. The molecule has 1 aliphatic rings. The summed E-state index contributed by atoms with van der Waals surface area (Å²) in [7, 11) is 0. The van der Waals surface area contributed by atoms with E-state index >= 15 is 0 Å². The lowest BCUT2D eigenvalue weighted by Gasteiger charge is -2.33. The molecule has 1 fully saturated rings. The average Bonchev–Trinajstić information content (AvgIpc) is 2.52. The van der Waals surface area contributed by atoms with Gasteiger partial charge in [0.2, 0.25) is 0 Å². The largest absolute Gasteiger partial charge is 0.444 e. The van der Waals surface area contributed by atoms with Crippen LogP contribution in [0.25, 0.3) is 0 Å². The quantitative estimate of drug-likeness (QED) is 0.740. The van der Waals surface area contributed by atoms with Crippen LogP contribution in [0.15, 0.2) is 24.3 Å². The molecule has 0 atom stereocenters. The van der Waals surface area contributed by atoms with Gasteiger partial charge in [0, 0.05) is 13.1 Å². The first-order valence-corrected chi connectivity index (χ1v) is 9.31. The first kappa shape index (κ1) is 18.8. The number of benzene rings is 1. The molecular weight excluding hydrogens is 298 g/mol. The molecule has 3 nitrogen and oxygen atoms in total. The summed E-state index contributed by atoms with van der Waals surface area (Å²) in [6.07, 6.45) is 4.36. The summed E-state index contributed by atoms with van der Waals surface area (Å²) in [5.74, 6) is 1.31. The summed E-state index contributed by atoms with van der Waals surface area (Å²) < 4.78 is 5.46. The van der Waals surface area contributed by atoms with Crippen molar-refractivity contribution in [2.45, 2.75) is 71.8 Å². The fourth-order valence-corrected chi connectivity index (χ4v) is 3.17. The highest BCUT2D eigenvalue weighted by atomic mass is 16.6. The van der Waals surface area contributed by atoms with E-state index < -0.39 is 5.60 Å². The molecule has 0 bridgehead atoms. The van der Waals surface area contributed by atoms with Gasteiger partial charge in [-0.1, -0.05) is 38.1 Å². The normalized spacial score (nSPS) is 16.5. The number of hydrogen-bond acceptors (Lipinski definition) is 2. The molecule has 0 spiro atoms. The highest BCUT2D eigenvalue weighted by Gasteiger charge is 2.26. The zero-order valence-electron chi connectivity index (χ0n) is 16.0. The van der Waals surface area contributed by atoms with Crippen LogP contribution in [-0.4, -0.2) is 29.7 Å². The monoisotopic (exact) mass is 331 g/mol. The predicted octanol–water partition coefficient (Wildman–Crippen LogP) is 5.39. The molecule has 0 saturated carbocycles. The third kappa shape index (κ3) is 5.85. The van der Waals surface area contributed by atoms with Crippen molar-refractivity contribution in [3.8, 4) is 0 Å². The van der Waals surface area contributed by atoms with E-state index in [0.717, 1.165) is 32.4 Å². The van der Waals surface area contributed by atoms with E-state index in [1.165, 1.54) is 17.5 Å². The number of carbonyl (C=O) groups is 1. The van der Waals surface area contributed by atoms with E-state index in [-0.39, 0.29) is 6.09 Å². The first-order chi connectivity index (χ1) is 11.2. The van der Waals surface area contributed by atoms with Crippen molar-refractivity contribution < 1.29 is 9.53 Å². The summed E-state index contributed by atoms with van der Waals surface area (Å²) in [6.45, 7) is 11.9. The molecule has 3 heteroatoms. The number of rotatable bonds is 4. The van der Waals surface area contributed by atoms with E-state index in [4.69, 9.17) is 4.74 Å². The molecule has 1 aromatic carbocycles. The number of hydrogen-bond donors (Lipinski definition) is 0. The van der Waals surface area contributed by atoms with Gasteiger partial charge in [-0.25, -0.2) is 4.79 Å². The summed E-state index contributed by atoms with van der Waals surface area (Å²) >= 11 is 0. The number of ether oxygens (including phenoxy) is 1. The maximum Gasteiger partial charge on any atom is 0.410 e. The zero-order chi connectivity index (χ0) is 17.7. The first-order valence-electron chi connectivity index (χ1n) is 9.31. The molecule has 0 aromatic heterocycles. The Bertz CT molecular complexity index is 520. The lowest BCUT2D eigenvalue weighted by atomic mass is 9.90. The maximum absolute atomic E-state index is 12.1. The van der Waals surface area contributed by atoms with Gasteiger partial charge in [0.25, 0.3) is 0 Å². The predicted molar refractivity (Wildman–Crippen MR) is 99.4 cm³/mol. The zero-order valence-corrected chi connectivity index (χ0v) is 16.0. The SMILES string of the molecule is CC(C)c1ccc(CCC2CCN(C(=O)OC(C)(C)C)CC2)cc1. The summed E-state index contributed by atoms with van der Waals surface area (Å²) in [4.78, 5) is 14.0. The maximum atomic E-state index is 12.1. The fourth-order valence-electron chi connectivity index (χ4n) is 3.17. The highest BCUT2D eigenvalue weighted by Crippen LogP contribution is 2.24. The van der Waals surface area contributed by atoms with Gasteiger partial charge in [0.05, 0.1) is 0 Å². The number of nitrogens with zero attached hydrogens (tertiary/aromatic N) is 1. The van der Waals surface area contributed by atoms with Crippen molar-refractivity contribution in [3.63, 3.8) is 0 Å². The molecule has 0 unspecified atom stereocenters. The lowest BCUT2D eigenvalue weighted by Crippen LogP contribution is -2.41. The lowest BCUT2D eigenvalue weighted by molar-refractivity contribution is 0.0181. The molecule has 2 rings (SSSR count). The topological polar surface area (TPSA) is 29.5 Å². The van der Waals surface area contributed by atoms with Gasteiger partial charge in [-0.3, -0.25) is 0 Å². The molecule has 134 valence electrons. The van der Waals surface area contributed by atoms with Gasteiger partial charge in [0.15, 0.2) is 0 Å². The van der Waals surface area contributed by atoms with E-state index in [1.54, 1.807) is 0 Å². The Morgan fingerprint density at radius 2 is 1.75 bits per heavy atom. The van der Waals surface area contributed by atoms with Gasteiger partial charge in [-0.2, -0.15) is 0 Å². The second-order valence-corrected chi connectivity index (χ2v) is 8.35. The van der Waals surface area contributed by atoms with Crippen molar-refractivity contribution in [2.75, 3.05) is 13.1 Å². The summed E-state index contributed by atoms with van der Waals surface area (Å²) in [5.41, 5.74) is 2.43. The molecule has 0 aliphatic carbocycles. The van der Waals surface area contributed by atoms with Crippen molar-refractivity contribution in [2.24, 2.45) is 5.92 Å². The van der Waals surface area contributed by atoms with Crippen LogP contribution in [0.2, 0.25) is 0 Å². The molecule has 0 radical (unpaired) electrons. The minimum Gasteiger partial charge on any atom is -0.444 e. The molecule has 0 N–H and O–H groups in total. The van der Waals surface area contributed by atoms with Crippen LogP contribution in [0.4, 0.5) is 4.79 Å². The number of likely N-dealkylation sites (tertiary alicyclic amines) is 1. The second-order valence-electron chi connectivity index (χ2n) is 8.35. The molecule has 24 heavy (non-hydrogen) atoms. The number of piperidine rings is 1.